The predicted octanol–water partition coefficient (Wildman–Crippen LogP) is 2.70. The van der Waals surface area contributed by atoms with Gasteiger partial charge in [-0.2, -0.15) is 0 Å². The Labute approximate surface area is 129 Å². The molecule has 1 unspecified atom stereocenters. The maximum absolute atomic E-state index is 12.0. The Balaban J connectivity index is 2.73. The van der Waals surface area contributed by atoms with E-state index in [0.717, 1.165) is 32.2 Å². The fourth-order valence-corrected chi connectivity index (χ4v) is 3.46. The predicted molar refractivity (Wildman–Crippen MR) is 88.0 cm³/mol. The monoisotopic (exact) mass is 312 g/mol. The van der Waals surface area contributed by atoms with Crippen LogP contribution in [0.1, 0.15) is 45.6 Å². The number of sulfonamides is 1. The zero-order valence-electron chi connectivity index (χ0n) is 13.4. The highest BCUT2D eigenvalue weighted by atomic mass is 32.2. The summed E-state index contributed by atoms with van der Waals surface area (Å²) in [6.45, 7) is 7.67. The first-order valence-corrected chi connectivity index (χ1v) is 9.33. The highest BCUT2D eigenvalue weighted by Gasteiger charge is 2.13. The first-order valence-electron chi connectivity index (χ1n) is 7.85. The van der Waals surface area contributed by atoms with E-state index in [0.29, 0.717) is 17.5 Å². The Morgan fingerprint density at radius 1 is 1.05 bits per heavy atom. The van der Waals surface area contributed by atoms with Gasteiger partial charge in [0.2, 0.25) is 10.0 Å². The van der Waals surface area contributed by atoms with Gasteiger partial charge in [-0.15, -0.1) is 0 Å². The molecule has 0 aromatic heterocycles. The summed E-state index contributed by atoms with van der Waals surface area (Å²) in [6.07, 6.45) is 4.00. The summed E-state index contributed by atoms with van der Waals surface area (Å²) in [7, 11) is -3.35. The van der Waals surface area contributed by atoms with Gasteiger partial charge < -0.3 is 5.32 Å². The van der Waals surface area contributed by atoms with Crippen LogP contribution in [0.15, 0.2) is 29.2 Å². The second kappa shape index (κ2) is 9.18. The summed E-state index contributed by atoms with van der Waals surface area (Å²) >= 11 is 0. The van der Waals surface area contributed by atoms with E-state index in [2.05, 4.69) is 23.9 Å². The van der Waals surface area contributed by atoms with Crippen LogP contribution in [-0.4, -0.2) is 27.5 Å². The minimum atomic E-state index is -3.35. The molecule has 0 spiro atoms. The molecular formula is C16H28N2O2S. The Hall–Kier alpha value is -0.910. The standard InChI is InChI=1S/C16H28N2O2S/c1-4-7-15(17-6-3)13-14-8-10-16(11-9-14)21(19,20)18-12-5-2/h8-11,15,17-18H,4-7,12-13H2,1-3H3. The van der Waals surface area contributed by atoms with E-state index in [1.54, 1.807) is 12.1 Å². The lowest BCUT2D eigenvalue weighted by molar-refractivity contribution is 0.486. The average Bonchev–Trinajstić information content (AvgIpc) is 2.46. The lowest BCUT2D eigenvalue weighted by atomic mass is 10.0. The van der Waals surface area contributed by atoms with Crippen LogP contribution in [0.2, 0.25) is 0 Å². The molecule has 0 fully saturated rings. The molecule has 21 heavy (non-hydrogen) atoms. The molecule has 0 saturated carbocycles. The largest absolute Gasteiger partial charge is 0.314 e. The van der Waals surface area contributed by atoms with E-state index in [1.165, 1.54) is 5.56 Å². The molecule has 0 bridgehead atoms. The van der Waals surface area contributed by atoms with Crippen molar-refractivity contribution in [3.63, 3.8) is 0 Å². The van der Waals surface area contributed by atoms with Crippen LogP contribution in [0, 0.1) is 0 Å². The molecule has 1 aromatic rings. The molecule has 0 aliphatic carbocycles. The van der Waals surface area contributed by atoms with Gasteiger partial charge >= 0.3 is 0 Å². The Morgan fingerprint density at radius 2 is 1.71 bits per heavy atom. The molecule has 0 amide bonds. The number of benzene rings is 1. The number of nitrogens with one attached hydrogen (secondary N) is 2. The normalized spacial score (nSPS) is 13.3. The highest BCUT2D eigenvalue weighted by molar-refractivity contribution is 7.89. The van der Waals surface area contributed by atoms with E-state index in [-0.39, 0.29) is 0 Å². The molecule has 0 saturated heterocycles. The third-order valence-corrected chi connectivity index (χ3v) is 4.86. The van der Waals surface area contributed by atoms with Crippen LogP contribution in [0.5, 0.6) is 0 Å². The minimum absolute atomic E-state index is 0.343. The third kappa shape index (κ3) is 6.16. The van der Waals surface area contributed by atoms with Crippen molar-refractivity contribution < 1.29 is 8.42 Å². The smallest absolute Gasteiger partial charge is 0.240 e. The van der Waals surface area contributed by atoms with E-state index in [1.807, 2.05) is 19.1 Å². The van der Waals surface area contributed by atoms with E-state index in [9.17, 15) is 8.42 Å². The Bertz CT molecular complexity index is 492. The van der Waals surface area contributed by atoms with E-state index < -0.39 is 10.0 Å². The van der Waals surface area contributed by atoms with Crippen molar-refractivity contribution in [3.8, 4) is 0 Å². The van der Waals surface area contributed by atoms with Gasteiger partial charge in [0.05, 0.1) is 4.90 Å². The van der Waals surface area contributed by atoms with Gasteiger partial charge in [-0.05, 0) is 43.5 Å². The maximum atomic E-state index is 12.0. The molecule has 5 heteroatoms. The van der Waals surface area contributed by atoms with Gasteiger partial charge in [0, 0.05) is 12.6 Å². The molecule has 1 aromatic carbocycles. The quantitative estimate of drug-likeness (QED) is 0.698. The Morgan fingerprint density at radius 3 is 2.24 bits per heavy atom. The number of hydrogen-bond acceptors (Lipinski definition) is 3. The summed E-state index contributed by atoms with van der Waals surface area (Å²) in [5.74, 6) is 0. The average molecular weight is 312 g/mol. The van der Waals surface area contributed by atoms with E-state index >= 15 is 0 Å². The number of likely N-dealkylation sites (N-methyl/N-ethyl adjacent to an activating group) is 1. The minimum Gasteiger partial charge on any atom is -0.314 e. The molecule has 120 valence electrons. The topological polar surface area (TPSA) is 58.2 Å². The molecule has 0 aliphatic rings. The van der Waals surface area contributed by atoms with Crippen molar-refractivity contribution in [2.45, 2.75) is 57.4 Å². The summed E-state index contributed by atoms with van der Waals surface area (Å²) in [6, 6.07) is 7.69. The highest BCUT2D eigenvalue weighted by Crippen LogP contribution is 2.13. The van der Waals surface area contributed by atoms with Crippen LogP contribution < -0.4 is 10.0 Å². The molecule has 0 radical (unpaired) electrons. The SMILES string of the molecule is CCCNS(=O)(=O)c1ccc(CC(CCC)NCC)cc1. The van der Waals surface area contributed by atoms with Crippen molar-refractivity contribution in [1.29, 1.82) is 0 Å². The van der Waals surface area contributed by atoms with E-state index in [4.69, 9.17) is 0 Å². The van der Waals surface area contributed by atoms with Crippen LogP contribution >= 0.6 is 0 Å². The second-order valence-electron chi connectivity index (χ2n) is 5.29. The fourth-order valence-electron chi connectivity index (χ4n) is 2.32. The first-order chi connectivity index (χ1) is 10.0. The maximum Gasteiger partial charge on any atom is 0.240 e. The van der Waals surface area contributed by atoms with Crippen molar-refractivity contribution in [1.82, 2.24) is 10.0 Å². The summed E-state index contributed by atoms with van der Waals surface area (Å²) in [5.41, 5.74) is 1.17. The molecule has 0 heterocycles. The molecule has 1 rings (SSSR count). The van der Waals surface area contributed by atoms with Crippen LogP contribution in [0.25, 0.3) is 0 Å². The lowest BCUT2D eigenvalue weighted by Gasteiger charge is -2.17. The second-order valence-corrected chi connectivity index (χ2v) is 7.06. The van der Waals surface area contributed by atoms with Crippen LogP contribution in [-0.2, 0) is 16.4 Å². The Kier molecular flexibility index (Phi) is 7.93. The molecule has 1 atom stereocenters. The summed E-state index contributed by atoms with van der Waals surface area (Å²) in [4.78, 5) is 0.343. The lowest BCUT2D eigenvalue weighted by Crippen LogP contribution is -2.30. The summed E-state index contributed by atoms with van der Waals surface area (Å²) in [5, 5.41) is 3.47. The van der Waals surface area contributed by atoms with Gasteiger partial charge in [0.1, 0.15) is 0 Å². The molecule has 2 N–H and O–H groups in total. The zero-order valence-corrected chi connectivity index (χ0v) is 14.2. The van der Waals surface area contributed by atoms with Gasteiger partial charge in [0.15, 0.2) is 0 Å². The van der Waals surface area contributed by atoms with Gasteiger partial charge in [-0.25, -0.2) is 13.1 Å². The van der Waals surface area contributed by atoms with Crippen molar-refractivity contribution in [2.24, 2.45) is 0 Å². The number of rotatable bonds is 10. The zero-order chi connectivity index (χ0) is 15.7. The molecule has 4 nitrogen and oxygen atoms in total. The van der Waals surface area contributed by atoms with Gasteiger partial charge in [-0.1, -0.05) is 39.3 Å². The summed E-state index contributed by atoms with van der Waals surface area (Å²) < 4.78 is 26.6. The van der Waals surface area contributed by atoms with Crippen LogP contribution in [0.4, 0.5) is 0 Å². The number of hydrogen-bond donors (Lipinski definition) is 2. The molecule has 0 aliphatic heterocycles. The van der Waals surface area contributed by atoms with Gasteiger partial charge in [0.25, 0.3) is 0 Å². The van der Waals surface area contributed by atoms with Gasteiger partial charge in [-0.3, -0.25) is 0 Å². The first kappa shape index (κ1) is 18.1. The van der Waals surface area contributed by atoms with Crippen molar-refractivity contribution >= 4 is 10.0 Å². The third-order valence-electron chi connectivity index (χ3n) is 3.39. The van der Waals surface area contributed by atoms with Crippen molar-refractivity contribution in [3.05, 3.63) is 29.8 Å². The van der Waals surface area contributed by atoms with Crippen molar-refractivity contribution in [2.75, 3.05) is 13.1 Å². The molecular weight excluding hydrogens is 284 g/mol. The fraction of sp³-hybridized carbons (Fsp3) is 0.625. The van der Waals surface area contributed by atoms with Crippen LogP contribution in [0.3, 0.4) is 0 Å².